The van der Waals surface area contributed by atoms with Crippen LogP contribution in [0.15, 0.2) is 30.3 Å². The van der Waals surface area contributed by atoms with Crippen LogP contribution < -0.4 is 10.9 Å². The van der Waals surface area contributed by atoms with Gasteiger partial charge in [0.15, 0.2) is 0 Å². The summed E-state index contributed by atoms with van der Waals surface area (Å²) in [5.41, 5.74) is 7.74. The molecule has 1 amide bonds. The Hall–Kier alpha value is -1.43. The van der Waals surface area contributed by atoms with Gasteiger partial charge in [-0.3, -0.25) is 4.79 Å². The van der Waals surface area contributed by atoms with Crippen molar-refractivity contribution in [3.05, 3.63) is 35.9 Å². The van der Waals surface area contributed by atoms with Crippen molar-refractivity contribution in [1.82, 2.24) is 15.8 Å². The number of ether oxygens (including phenoxy) is 1. The van der Waals surface area contributed by atoms with Crippen molar-refractivity contribution < 1.29 is 9.53 Å². The molecular weight excluding hydrogens is 290 g/mol. The number of hydrogen-bond donors (Lipinski definition) is 2. The predicted molar refractivity (Wildman–Crippen MR) is 89.6 cm³/mol. The number of amides is 1. The fourth-order valence-corrected chi connectivity index (χ4v) is 3.27. The van der Waals surface area contributed by atoms with Crippen LogP contribution in [-0.4, -0.2) is 43.7 Å². The molecule has 5 heteroatoms. The molecule has 0 radical (unpaired) electrons. The fraction of sp³-hybridized carbons (Fsp3) is 0.611. The molecule has 1 aliphatic heterocycles. The van der Waals surface area contributed by atoms with Gasteiger partial charge >= 0.3 is 0 Å². The number of benzene rings is 1. The van der Waals surface area contributed by atoms with E-state index in [1.807, 2.05) is 23.1 Å². The summed E-state index contributed by atoms with van der Waals surface area (Å²) in [5.74, 6) is 1.08. The van der Waals surface area contributed by atoms with E-state index in [2.05, 4.69) is 29.9 Å². The SMILES string of the molecule is COCCN(CC1CC1)C(=O)C1NNC(c2ccccc2)C1C. The van der Waals surface area contributed by atoms with E-state index < -0.39 is 0 Å². The summed E-state index contributed by atoms with van der Waals surface area (Å²) in [4.78, 5) is 14.9. The third kappa shape index (κ3) is 3.91. The molecular formula is C18H27N3O2. The predicted octanol–water partition coefficient (Wildman–Crippen LogP) is 1.73. The van der Waals surface area contributed by atoms with Crippen LogP contribution in [0.1, 0.15) is 31.4 Å². The molecule has 2 aliphatic rings. The van der Waals surface area contributed by atoms with Gasteiger partial charge in [0, 0.05) is 26.1 Å². The van der Waals surface area contributed by atoms with Crippen LogP contribution >= 0.6 is 0 Å². The lowest BCUT2D eigenvalue weighted by atomic mass is 9.90. The Labute approximate surface area is 138 Å². The second kappa shape index (κ2) is 7.43. The highest BCUT2D eigenvalue weighted by molar-refractivity contribution is 5.82. The van der Waals surface area contributed by atoms with Crippen molar-refractivity contribution in [2.45, 2.75) is 31.8 Å². The molecule has 2 fully saturated rings. The zero-order chi connectivity index (χ0) is 16.2. The van der Waals surface area contributed by atoms with E-state index in [4.69, 9.17) is 4.74 Å². The number of nitrogens with zero attached hydrogens (tertiary/aromatic N) is 1. The molecule has 126 valence electrons. The van der Waals surface area contributed by atoms with Crippen LogP contribution in [0.3, 0.4) is 0 Å². The second-order valence-corrected chi connectivity index (χ2v) is 6.73. The number of hydrogen-bond acceptors (Lipinski definition) is 4. The number of carbonyl (C=O) groups is 1. The molecule has 0 aromatic heterocycles. The zero-order valence-corrected chi connectivity index (χ0v) is 14.0. The molecule has 1 aromatic carbocycles. The van der Waals surface area contributed by atoms with E-state index in [1.54, 1.807) is 7.11 Å². The lowest BCUT2D eigenvalue weighted by Gasteiger charge is -2.27. The first-order chi connectivity index (χ1) is 11.2. The van der Waals surface area contributed by atoms with Gasteiger partial charge in [-0.05, 0) is 24.3 Å². The first-order valence-corrected chi connectivity index (χ1v) is 8.54. The van der Waals surface area contributed by atoms with Crippen LogP contribution in [0.5, 0.6) is 0 Å². The summed E-state index contributed by atoms with van der Waals surface area (Å²) in [6, 6.07) is 10.3. The summed E-state index contributed by atoms with van der Waals surface area (Å²) < 4.78 is 5.17. The van der Waals surface area contributed by atoms with Gasteiger partial charge in [0.1, 0.15) is 6.04 Å². The molecule has 1 saturated carbocycles. The summed E-state index contributed by atoms with van der Waals surface area (Å²) >= 11 is 0. The molecule has 0 bridgehead atoms. The van der Waals surface area contributed by atoms with Crippen LogP contribution in [0.2, 0.25) is 0 Å². The third-order valence-corrected chi connectivity index (χ3v) is 4.92. The van der Waals surface area contributed by atoms with E-state index in [9.17, 15) is 4.79 Å². The standard InChI is InChI=1S/C18H27N3O2/c1-13-16(15-6-4-3-5-7-15)19-20-17(13)18(22)21(10-11-23-2)12-14-8-9-14/h3-7,13-14,16-17,19-20H,8-12H2,1-2H3. The molecule has 2 N–H and O–H groups in total. The summed E-state index contributed by atoms with van der Waals surface area (Å²) in [5, 5.41) is 0. The van der Waals surface area contributed by atoms with Gasteiger partial charge in [0.05, 0.1) is 12.6 Å². The van der Waals surface area contributed by atoms with E-state index in [0.29, 0.717) is 19.1 Å². The normalized spacial score (nSPS) is 27.1. The molecule has 23 heavy (non-hydrogen) atoms. The monoisotopic (exact) mass is 317 g/mol. The smallest absolute Gasteiger partial charge is 0.241 e. The number of methoxy groups -OCH3 is 1. The highest BCUT2D eigenvalue weighted by atomic mass is 16.5. The van der Waals surface area contributed by atoms with Gasteiger partial charge in [-0.2, -0.15) is 0 Å². The van der Waals surface area contributed by atoms with Crippen molar-refractivity contribution in [3.63, 3.8) is 0 Å². The molecule has 3 rings (SSSR count). The average molecular weight is 317 g/mol. The van der Waals surface area contributed by atoms with Gasteiger partial charge in [0.25, 0.3) is 0 Å². The number of hydrazine groups is 1. The highest BCUT2D eigenvalue weighted by Crippen LogP contribution is 2.32. The Balaban J connectivity index is 1.66. The van der Waals surface area contributed by atoms with Crippen molar-refractivity contribution in [2.75, 3.05) is 26.8 Å². The van der Waals surface area contributed by atoms with Gasteiger partial charge < -0.3 is 9.64 Å². The Morgan fingerprint density at radius 3 is 2.65 bits per heavy atom. The molecule has 1 aromatic rings. The van der Waals surface area contributed by atoms with Crippen molar-refractivity contribution in [1.29, 1.82) is 0 Å². The highest BCUT2D eigenvalue weighted by Gasteiger charge is 2.40. The van der Waals surface area contributed by atoms with E-state index in [1.165, 1.54) is 18.4 Å². The number of nitrogens with one attached hydrogen (secondary N) is 2. The van der Waals surface area contributed by atoms with Gasteiger partial charge in [-0.25, -0.2) is 10.9 Å². The molecule has 1 aliphatic carbocycles. The topological polar surface area (TPSA) is 53.6 Å². The first kappa shape index (κ1) is 16.4. The van der Waals surface area contributed by atoms with Gasteiger partial charge in [-0.1, -0.05) is 37.3 Å². The van der Waals surface area contributed by atoms with E-state index in [0.717, 1.165) is 6.54 Å². The van der Waals surface area contributed by atoms with Gasteiger partial charge in [0.2, 0.25) is 5.91 Å². The van der Waals surface area contributed by atoms with E-state index >= 15 is 0 Å². The van der Waals surface area contributed by atoms with Crippen molar-refractivity contribution in [2.24, 2.45) is 11.8 Å². The maximum absolute atomic E-state index is 13.0. The van der Waals surface area contributed by atoms with Gasteiger partial charge in [-0.15, -0.1) is 0 Å². The minimum absolute atomic E-state index is 0.162. The van der Waals surface area contributed by atoms with E-state index in [-0.39, 0.29) is 23.9 Å². The van der Waals surface area contributed by atoms with Crippen molar-refractivity contribution in [3.8, 4) is 0 Å². The van der Waals surface area contributed by atoms with Crippen LogP contribution in [0.4, 0.5) is 0 Å². The van der Waals surface area contributed by atoms with Crippen LogP contribution in [-0.2, 0) is 9.53 Å². The molecule has 1 saturated heterocycles. The molecule has 0 spiro atoms. The molecule has 3 atom stereocenters. The number of carbonyl (C=O) groups excluding carboxylic acids is 1. The van der Waals surface area contributed by atoms with Crippen molar-refractivity contribution >= 4 is 5.91 Å². The summed E-state index contributed by atoms with van der Waals surface area (Å²) in [6.45, 7) is 4.27. The number of rotatable bonds is 7. The molecule has 1 heterocycles. The molecule has 5 nitrogen and oxygen atoms in total. The quantitative estimate of drug-likeness (QED) is 0.804. The minimum Gasteiger partial charge on any atom is -0.383 e. The maximum atomic E-state index is 13.0. The zero-order valence-electron chi connectivity index (χ0n) is 14.0. The largest absolute Gasteiger partial charge is 0.383 e. The lowest BCUT2D eigenvalue weighted by molar-refractivity contribution is -0.135. The minimum atomic E-state index is -0.184. The summed E-state index contributed by atoms with van der Waals surface area (Å²) in [7, 11) is 1.68. The Morgan fingerprint density at radius 2 is 2.00 bits per heavy atom. The Morgan fingerprint density at radius 1 is 1.26 bits per heavy atom. The maximum Gasteiger partial charge on any atom is 0.241 e. The summed E-state index contributed by atoms with van der Waals surface area (Å²) in [6.07, 6.45) is 2.49. The third-order valence-electron chi connectivity index (χ3n) is 4.92. The van der Waals surface area contributed by atoms with Crippen LogP contribution in [0.25, 0.3) is 0 Å². The Bertz CT molecular complexity index is 518. The lowest BCUT2D eigenvalue weighted by Crippen LogP contribution is -2.49. The Kier molecular flexibility index (Phi) is 5.30. The fourth-order valence-electron chi connectivity index (χ4n) is 3.27. The van der Waals surface area contributed by atoms with Crippen LogP contribution in [0, 0.1) is 11.8 Å². The molecule has 3 unspecified atom stereocenters. The second-order valence-electron chi connectivity index (χ2n) is 6.73. The first-order valence-electron chi connectivity index (χ1n) is 8.54. The average Bonchev–Trinajstić information content (AvgIpc) is 3.32.